The second-order valence-electron chi connectivity index (χ2n) is 10.1. The number of carbonyl (C=O) groups excluding carboxylic acids is 2. The van der Waals surface area contributed by atoms with Crippen LogP contribution in [0.1, 0.15) is 42.9 Å². The van der Waals surface area contributed by atoms with Crippen molar-refractivity contribution in [2.75, 3.05) is 30.8 Å². The van der Waals surface area contributed by atoms with Gasteiger partial charge in [0.25, 0.3) is 0 Å². The Bertz CT molecular complexity index is 1490. The number of benzene rings is 2. The number of aliphatic carboxylic acids is 1. The van der Waals surface area contributed by atoms with Crippen molar-refractivity contribution in [1.29, 1.82) is 0 Å². The van der Waals surface area contributed by atoms with Crippen molar-refractivity contribution in [3.8, 4) is 11.1 Å². The Morgan fingerprint density at radius 3 is 2.67 bits per heavy atom. The summed E-state index contributed by atoms with van der Waals surface area (Å²) in [6.45, 7) is 1.43. The Morgan fingerprint density at radius 2 is 1.90 bits per heavy atom. The van der Waals surface area contributed by atoms with Crippen LogP contribution in [0.5, 0.6) is 0 Å². The highest BCUT2D eigenvalue weighted by Crippen LogP contribution is 2.34. The van der Waals surface area contributed by atoms with E-state index in [1.165, 1.54) is 48.4 Å². The van der Waals surface area contributed by atoms with Gasteiger partial charge in [0.15, 0.2) is 0 Å². The highest BCUT2D eigenvalue weighted by Gasteiger charge is 2.27. The van der Waals surface area contributed by atoms with Gasteiger partial charge in [-0.25, -0.2) is 18.4 Å². The lowest BCUT2D eigenvalue weighted by Gasteiger charge is -2.25. The Labute approximate surface area is 246 Å². The number of carbonyl (C=O) groups is 3. The molecule has 0 fully saturated rings. The number of ether oxygens (including phenoxy) is 1. The second kappa shape index (κ2) is 13.6. The number of hydrogen-bond acceptors (Lipinski definition) is 6. The number of likely N-dealkylation sites (N-methyl/N-ethyl adjacent to an activating group) is 1. The van der Waals surface area contributed by atoms with Gasteiger partial charge < -0.3 is 20.1 Å². The Kier molecular flexibility index (Phi) is 9.95. The summed E-state index contributed by atoms with van der Waals surface area (Å²) >= 11 is 5.75. The van der Waals surface area contributed by atoms with E-state index in [1.807, 2.05) is 0 Å². The van der Waals surface area contributed by atoms with Crippen LogP contribution in [-0.2, 0) is 14.3 Å². The minimum absolute atomic E-state index is 0.0620. The molecule has 0 aliphatic carbocycles. The molecule has 3 aromatic rings. The summed E-state index contributed by atoms with van der Waals surface area (Å²) in [5.74, 6) is -3.07. The van der Waals surface area contributed by atoms with Crippen LogP contribution in [0.15, 0.2) is 48.7 Å². The quantitative estimate of drug-likeness (QED) is 0.307. The molecule has 2 unspecified atom stereocenters. The predicted octanol–water partition coefficient (Wildman–Crippen LogP) is 6.22. The number of halogens is 3. The number of fused-ring (bicyclic) bond motifs is 4. The van der Waals surface area contributed by atoms with Gasteiger partial charge >= 0.3 is 12.1 Å². The number of nitrogens with one attached hydrogen (secondary N) is 2. The van der Waals surface area contributed by atoms with Gasteiger partial charge in [0.1, 0.15) is 24.3 Å². The number of rotatable bonds is 6. The highest BCUT2D eigenvalue weighted by atomic mass is 35.5. The van der Waals surface area contributed by atoms with Gasteiger partial charge in [-0.2, -0.15) is 0 Å². The maximum absolute atomic E-state index is 14.2. The fraction of sp³-hybridized carbons (Fsp3) is 0.333. The summed E-state index contributed by atoms with van der Waals surface area (Å²) in [6.07, 6.45) is 2.54. The molecule has 2 atom stereocenters. The monoisotopic (exact) mass is 600 g/mol. The van der Waals surface area contributed by atoms with Gasteiger partial charge in [-0.3, -0.25) is 15.1 Å². The normalized spacial score (nSPS) is 16.6. The van der Waals surface area contributed by atoms with E-state index in [0.717, 1.165) is 0 Å². The third-order valence-electron chi connectivity index (χ3n) is 7.20. The average Bonchev–Trinajstić information content (AvgIpc) is 2.96. The number of pyridine rings is 1. The molecule has 2 bridgehead atoms. The van der Waals surface area contributed by atoms with Gasteiger partial charge in [-0.1, -0.05) is 24.4 Å². The molecule has 222 valence electrons. The van der Waals surface area contributed by atoms with Gasteiger partial charge in [-0.05, 0) is 67.8 Å². The van der Waals surface area contributed by atoms with Crippen molar-refractivity contribution in [3.63, 3.8) is 0 Å². The zero-order valence-corrected chi connectivity index (χ0v) is 23.9. The molecular formula is C30H31ClF2N4O5. The molecule has 0 spiro atoms. The third kappa shape index (κ3) is 7.33. The summed E-state index contributed by atoms with van der Waals surface area (Å²) in [5, 5.41) is 15.2. The number of amides is 2. The lowest BCUT2D eigenvalue weighted by Crippen LogP contribution is -2.35. The standard InChI is InChI=1S/C30H31ClF2N4O5/c1-17-23(10-8-22(31)27(17)33)36-30(41)42-14-13-37(2)28(38)20-5-3-4-6-25(29(39)40)35-24-9-7-19(32)16-21(24)18-11-12-34-26(20)15-18/h7-12,15-16,20,25,35H,3-6,13-14H2,1-2H3,(H,36,41)(H,39,40). The topological polar surface area (TPSA) is 121 Å². The van der Waals surface area contributed by atoms with Crippen molar-refractivity contribution in [2.24, 2.45) is 0 Å². The molecule has 1 aromatic heterocycles. The molecule has 1 aliphatic heterocycles. The first kappa shape index (κ1) is 30.7. The maximum atomic E-state index is 14.2. The van der Waals surface area contributed by atoms with Gasteiger partial charge in [0.2, 0.25) is 5.91 Å². The summed E-state index contributed by atoms with van der Waals surface area (Å²) in [6, 6.07) is 9.37. The van der Waals surface area contributed by atoms with E-state index in [9.17, 15) is 28.3 Å². The molecule has 4 rings (SSSR count). The molecule has 3 N–H and O–H groups in total. The van der Waals surface area contributed by atoms with Gasteiger partial charge in [0.05, 0.1) is 23.2 Å². The number of carboxylic acids is 1. The summed E-state index contributed by atoms with van der Waals surface area (Å²) < 4.78 is 33.5. The summed E-state index contributed by atoms with van der Waals surface area (Å²) in [4.78, 5) is 43.6. The summed E-state index contributed by atoms with van der Waals surface area (Å²) in [5.41, 5.74) is 2.38. The van der Waals surface area contributed by atoms with Crippen molar-refractivity contribution >= 4 is 40.9 Å². The number of hydrogen-bond donors (Lipinski definition) is 3. The molecule has 42 heavy (non-hydrogen) atoms. The van der Waals surface area contributed by atoms with Gasteiger partial charge in [0, 0.05) is 35.7 Å². The number of anilines is 2. The Morgan fingerprint density at radius 1 is 1.14 bits per heavy atom. The SMILES string of the molecule is Cc1c(NC(=O)OCCN(C)C(=O)C2CCCCC(C(=O)O)Nc3ccc(F)cc3-c3ccnc2c3)ccc(Cl)c1F. The zero-order valence-electron chi connectivity index (χ0n) is 23.1. The molecule has 0 radical (unpaired) electrons. The molecular weight excluding hydrogens is 570 g/mol. The molecule has 12 heteroatoms. The molecule has 2 heterocycles. The first-order chi connectivity index (χ1) is 20.0. The molecule has 9 nitrogen and oxygen atoms in total. The Balaban J connectivity index is 1.48. The van der Waals surface area contributed by atoms with E-state index in [4.69, 9.17) is 16.3 Å². The zero-order chi connectivity index (χ0) is 30.4. The third-order valence-corrected chi connectivity index (χ3v) is 7.50. The van der Waals surface area contributed by atoms with Crippen LogP contribution in [0.2, 0.25) is 5.02 Å². The summed E-state index contributed by atoms with van der Waals surface area (Å²) in [7, 11) is 1.58. The van der Waals surface area contributed by atoms with E-state index in [2.05, 4.69) is 15.6 Å². The van der Waals surface area contributed by atoms with Crippen LogP contribution in [0, 0.1) is 18.6 Å². The molecule has 0 saturated carbocycles. The fourth-order valence-corrected chi connectivity index (χ4v) is 5.02. The fourth-order valence-electron chi connectivity index (χ4n) is 4.81. The number of nitrogens with zero attached hydrogens (tertiary/aromatic N) is 2. The van der Waals surface area contributed by atoms with Crippen molar-refractivity contribution in [2.45, 2.75) is 44.6 Å². The van der Waals surface area contributed by atoms with Crippen LogP contribution in [-0.4, -0.2) is 59.2 Å². The van der Waals surface area contributed by atoms with Crippen LogP contribution in [0.3, 0.4) is 0 Å². The molecule has 2 amide bonds. The first-order valence-corrected chi connectivity index (χ1v) is 13.8. The minimum atomic E-state index is -1.02. The van der Waals surface area contributed by atoms with Crippen LogP contribution in [0.25, 0.3) is 11.1 Å². The predicted molar refractivity (Wildman–Crippen MR) is 155 cm³/mol. The average molecular weight is 601 g/mol. The largest absolute Gasteiger partial charge is 0.480 e. The number of aromatic nitrogens is 1. The van der Waals surface area contributed by atoms with E-state index >= 15 is 0 Å². The molecule has 2 aromatic carbocycles. The van der Waals surface area contributed by atoms with Crippen molar-refractivity contribution < 1.29 is 33.0 Å². The van der Waals surface area contributed by atoms with Crippen LogP contribution in [0.4, 0.5) is 25.0 Å². The van der Waals surface area contributed by atoms with Crippen molar-refractivity contribution in [1.82, 2.24) is 9.88 Å². The van der Waals surface area contributed by atoms with Crippen molar-refractivity contribution in [3.05, 3.63) is 76.6 Å². The lowest BCUT2D eigenvalue weighted by atomic mass is 9.92. The van der Waals surface area contributed by atoms with E-state index in [1.54, 1.807) is 19.2 Å². The highest BCUT2D eigenvalue weighted by molar-refractivity contribution is 6.30. The first-order valence-electron chi connectivity index (χ1n) is 13.4. The van der Waals surface area contributed by atoms with E-state index < -0.39 is 35.7 Å². The molecule has 1 aliphatic rings. The Hall–Kier alpha value is -4.25. The second-order valence-corrected chi connectivity index (χ2v) is 10.5. The smallest absolute Gasteiger partial charge is 0.411 e. The lowest BCUT2D eigenvalue weighted by molar-refractivity contribution is -0.138. The molecule has 0 saturated heterocycles. The van der Waals surface area contributed by atoms with E-state index in [-0.39, 0.29) is 35.3 Å². The maximum Gasteiger partial charge on any atom is 0.411 e. The van der Waals surface area contributed by atoms with E-state index in [0.29, 0.717) is 48.2 Å². The number of carboxylic acid groups (broad SMARTS) is 1. The van der Waals surface area contributed by atoms with Crippen LogP contribution < -0.4 is 10.6 Å². The minimum Gasteiger partial charge on any atom is -0.480 e. The van der Waals surface area contributed by atoms with Crippen LogP contribution >= 0.6 is 11.6 Å². The van der Waals surface area contributed by atoms with Gasteiger partial charge in [-0.15, -0.1) is 0 Å².